The number of fused-ring (bicyclic) bond motifs is 1. The number of rotatable bonds is 4. The summed E-state index contributed by atoms with van der Waals surface area (Å²) in [5, 5.41) is 0. The lowest BCUT2D eigenvalue weighted by Crippen LogP contribution is -2.52. The van der Waals surface area contributed by atoms with Gasteiger partial charge in [-0.15, -0.1) is 0 Å². The van der Waals surface area contributed by atoms with Gasteiger partial charge in [0.2, 0.25) is 11.8 Å². The molecule has 2 saturated heterocycles. The van der Waals surface area contributed by atoms with Gasteiger partial charge in [-0.2, -0.15) is 0 Å². The molecule has 19 heavy (non-hydrogen) atoms. The molecule has 0 aromatic rings. The fraction of sp³-hybridized carbons (Fsp3) is 0.769. The van der Waals surface area contributed by atoms with Crippen LogP contribution in [0.4, 0.5) is 0 Å². The molecule has 2 rings (SSSR count). The molecule has 2 fully saturated rings. The molecule has 2 N–H and O–H groups in total. The maximum atomic E-state index is 12.2. The second kappa shape index (κ2) is 5.69. The number of hydrogen-bond acceptors (Lipinski definition) is 4. The highest BCUT2D eigenvalue weighted by molar-refractivity contribution is 5.92. The third-order valence-corrected chi connectivity index (χ3v) is 3.74. The Morgan fingerprint density at radius 2 is 2.21 bits per heavy atom. The Morgan fingerprint density at radius 1 is 1.47 bits per heavy atom. The molecule has 0 radical (unpaired) electrons. The van der Waals surface area contributed by atoms with Crippen LogP contribution in [0.3, 0.4) is 0 Å². The predicted molar refractivity (Wildman–Crippen MR) is 67.1 cm³/mol. The number of nitrogens with zero attached hydrogens (tertiary/aromatic N) is 1. The lowest BCUT2D eigenvalue weighted by Gasteiger charge is -2.36. The Labute approximate surface area is 112 Å². The van der Waals surface area contributed by atoms with Crippen LogP contribution in [0.15, 0.2) is 0 Å². The first-order valence-corrected chi connectivity index (χ1v) is 6.71. The standard InChI is InChI=1S/C13H20N2O4/c1-8(5-11(14)17)6-12(18)15-4-2-3-10-13(15)9(16)7-19-10/h8,10,13H,2-7H2,1H3,(H2,14,17). The van der Waals surface area contributed by atoms with Crippen LogP contribution >= 0.6 is 0 Å². The molecule has 106 valence electrons. The number of hydrogen-bond donors (Lipinski definition) is 1. The maximum absolute atomic E-state index is 12.2. The van der Waals surface area contributed by atoms with Gasteiger partial charge in [0, 0.05) is 19.4 Å². The average molecular weight is 268 g/mol. The molecular formula is C13H20N2O4. The molecule has 0 saturated carbocycles. The molecule has 0 aromatic carbocycles. The van der Waals surface area contributed by atoms with Gasteiger partial charge >= 0.3 is 0 Å². The van der Waals surface area contributed by atoms with E-state index in [1.165, 1.54) is 0 Å². The normalized spacial score (nSPS) is 28.1. The number of primary amides is 1. The minimum absolute atomic E-state index is 0.0133. The van der Waals surface area contributed by atoms with Crippen molar-refractivity contribution >= 4 is 17.6 Å². The largest absolute Gasteiger partial charge is 0.370 e. The highest BCUT2D eigenvalue weighted by Crippen LogP contribution is 2.27. The third-order valence-electron chi connectivity index (χ3n) is 3.74. The van der Waals surface area contributed by atoms with E-state index in [0.29, 0.717) is 6.54 Å². The van der Waals surface area contributed by atoms with Crippen molar-refractivity contribution < 1.29 is 19.1 Å². The quantitative estimate of drug-likeness (QED) is 0.767. The second-order valence-electron chi connectivity index (χ2n) is 5.47. The van der Waals surface area contributed by atoms with Gasteiger partial charge in [-0.1, -0.05) is 6.92 Å². The minimum Gasteiger partial charge on any atom is -0.370 e. The van der Waals surface area contributed by atoms with Crippen LogP contribution in [0.5, 0.6) is 0 Å². The summed E-state index contributed by atoms with van der Waals surface area (Å²) in [5.74, 6) is -0.595. The number of ether oxygens (including phenoxy) is 1. The molecule has 2 aliphatic rings. The number of ketones is 1. The number of amides is 2. The number of carbonyl (C=O) groups excluding carboxylic acids is 3. The number of nitrogens with two attached hydrogens (primary N) is 1. The fourth-order valence-corrected chi connectivity index (χ4v) is 2.90. The Kier molecular flexibility index (Phi) is 4.19. The maximum Gasteiger partial charge on any atom is 0.223 e. The summed E-state index contributed by atoms with van der Waals surface area (Å²) < 4.78 is 5.40. The van der Waals surface area contributed by atoms with Crippen molar-refractivity contribution in [2.45, 2.75) is 44.8 Å². The zero-order valence-electron chi connectivity index (χ0n) is 11.1. The van der Waals surface area contributed by atoms with E-state index in [4.69, 9.17) is 10.5 Å². The summed E-state index contributed by atoms with van der Waals surface area (Å²) in [7, 11) is 0. The van der Waals surface area contributed by atoms with Crippen LogP contribution in [0, 0.1) is 5.92 Å². The van der Waals surface area contributed by atoms with E-state index in [2.05, 4.69) is 0 Å². The summed E-state index contributed by atoms with van der Waals surface area (Å²) in [5.41, 5.74) is 5.12. The van der Waals surface area contributed by atoms with E-state index >= 15 is 0 Å². The molecular weight excluding hydrogens is 248 g/mol. The summed E-state index contributed by atoms with van der Waals surface area (Å²) in [6.07, 6.45) is 1.98. The highest BCUT2D eigenvalue weighted by atomic mass is 16.5. The van der Waals surface area contributed by atoms with Crippen LogP contribution in [-0.4, -0.2) is 47.8 Å². The molecule has 3 atom stereocenters. The molecule has 2 aliphatic heterocycles. The van der Waals surface area contributed by atoms with Crippen molar-refractivity contribution in [1.29, 1.82) is 0 Å². The minimum atomic E-state index is -0.415. The summed E-state index contributed by atoms with van der Waals surface area (Å²) in [4.78, 5) is 36.5. The van der Waals surface area contributed by atoms with Gasteiger partial charge in [0.05, 0.1) is 6.10 Å². The Bertz CT molecular complexity index is 396. The average Bonchev–Trinajstić information content (AvgIpc) is 2.70. The van der Waals surface area contributed by atoms with Gasteiger partial charge < -0.3 is 15.4 Å². The molecule has 0 spiro atoms. The smallest absolute Gasteiger partial charge is 0.223 e. The van der Waals surface area contributed by atoms with Gasteiger partial charge in [0.25, 0.3) is 0 Å². The monoisotopic (exact) mass is 268 g/mol. The third kappa shape index (κ3) is 3.12. The second-order valence-corrected chi connectivity index (χ2v) is 5.47. The number of carbonyl (C=O) groups is 3. The van der Waals surface area contributed by atoms with Gasteiger partial charge in [0.15, 0.2) is 5.78 Å². The van der Waals surface area contributed by atoms with Crippen LogP contribution < -0.4 is 5.73 Å². The zero-order chi connectivity index (χ0) is 14.0. The lowest BCUT2D eigenvalue weighted by molar-refractivity contribution is -0.141. The lowest BCUT2D eigenvalue weighted by atomic mass is 9.95. The molecule has 2 amide bonds. The van der Waals surface area contributed by atoms with Gasteiger partial charge in [-0.05, 0) is 18.8 Å². The van der Waals surface area contributed by atoms with E-state index in [-0.39, 0.29) is 43.2 Å². The highest BCUT2D eigenvalue weighted by Gasteiger charge is 2.44. The van der Waals surface area contributed by atoms with Crippen molar-refractivity contribution in [2.24, 2.45) is 11.7 Å². The Hall–Kier alpha value is -1.43. The summed E-state index contributed by atoms with van der Waals surface area (Å²) >= 11 is 0. The number of piperidine rings is 1. The van der Waals surface area contributed by atoms with Gasteiger partial charge in [-0.3, -0.25) is 14.4 Å². The van der Waals surface area contributed by atoms with E-state index in [1.54, 1.807) is 4.90 Å². The molecule has 3 unspecified atom stereocenters. The zero-order valence-corrected chi connectivity index (χ0v) is 11.1. The van der Waals surface area contributed by atoms with Crippen LogP contribution in [0.25, 0.3) is 0 Å². The van der Waals surface area contributed by atoms with Gasteiger partial charge in [0.1, 0.15) is 12.6 Å². The van der Waals surface area contributed by atoms with Crippen molar-refractivity contribution in [3.63, 3.8) is 0 Å². The first kappa shape index (κ1) is 14.0. The van der Waals surface area contributed by atoms with Crippen LogP contribution in [-0.2, 0) is 19.1 Å². The fourth-order valence-electron chi connectivity index (χ4n) is 2.90. The van der Waals surface area contributed by atoms with E-state index < -0.39 is 11.9 Å². The Morgan fingerprint density at radius 3 is 2.89 bits per heavy atom. The van der Waals surface area contributed by atoms with Crippen molar-refractivity contribution in [3.8, 4) is 0 Å². The molecule has 2 heterocycles. The first-order valence-electron chi connectivity index (χ1n) is 6.71. The van der Waals surface area contributed by atoms with E-state index in [1.807, 2.05) is 6.92 Å². The van der Waals surface area contributed by atoms with Gasteiger partial charge in [-0.25, -0.2) is 0 Å². The summed E-state index contributed by atoms with van der Waals surface area (Å²) in [6, 6.07) is -0.415. The summed E-state index contributed by atoms with van der Waals surface area (Å²) in [6.45, 7) is 2.52. The Balaban J connectivity index is 1.97. The predicted octanol–water partition coefficient (Wildman–Crippen LogP) is -0.153. The topological polar surface area (TPSA) is 89.7 Å². The van der Waals surface area contributed by atoms with Crippen molar-refractivity contribution in [2.75, 3.05) is 13.2 Å². The number of likely N-dealkylation sites (tertiary alicyclic amines) is 1. The van der Waals surface area contributed by atoms with Crippen LogP contribution in [0.2, 0.25) is 0 Å². The molecule has 6 nitrogen and oxygen atoms in total. The van der Waals surface area contributed by atoms with Crippen molar-refractivity contribution in [3.05, 3.63) is 0 Å². The van der Waals surface area contributed by atoms with E-state index in [9.17, 15) is 14.4 Å². The van der Waals surface area contributed by atoms with Crippen LogP contribution in [0.1, 0.15) is 32.6 Å². The first-order chi connectivity index (χ1) is 8.99. The number of Topliss-reactive ketones (excluding diaryl/α,β-unsaturated/α-hetero) is 1. The van der Waals surface area contributed by atoms with E-state index in [0.717, 1.165) is 12.8 Å². The molecule has 0 aliphatic carbocycles. The molecule has 0 bridgehead atoms. The van der Waals surface area contributed by atoms with Crippen molar-refractivity contribution in [1.82, 2.24) is 4.90 Å². The molecule has 6 heteroatoms. The molecule has 0 aromatic heterocycles. The SMILES string of the molecule is CC(CC(N)=O)CC(=O)N1CCCC2OCC(=O)C21.